The van der Waals surface area contributed by atoms with Gasteiger partial charge < -0.3 is 14.8 Å². The molecule has 0 fully saturated rings. The molecule has 1 amide bonds. The number of anilines is 1. The van der Waals surface area contributed by atoms with Crippen molar-refractivity contribution < 1.29 is 14.3 Å². The molecule has 0 saturated carbocycles. The standard InChI is InChI=1S/C20H21N3O4S2/c1-23-19(25)17-12-5-4-6-15(12)29-18(17)22-20(23)28-10-16(24)21-11-7-8-13(26-2)14(9-11)27-3/h7-9H,4-6,10H2,1-3H3,(H,21,24). The largest absolute Gasteiger partial charge is 0.493 e. The molecule has 2 heterocycles. The van der Waals surface area contributed by atoms with Gasteiger partial charge in [0.25, 0.3) is 5.56 Å². The van der Waals surface area contributed by atoms with Crippen LogP contribution in [0.1, 0.15) is 16.9 Å². The highest BCUT2D eigenvalue weighted by Crippen LogP contribution is 2.35. The molecule has 9 heteroatoms. The van der Waals surface area contributed by atoms with Gasteiger partial charge in [-0.15, -0.1) is 11.3 Å². The smallest absolute Gasteiger partial charge is 0.262 e. The van der Waals surface area contributed by atoms with Gasteiger partial charge in [0.1, 0.15) is 4.83 Å². The average Bonchev–Trinajstić information content (AvgIpc) is 3.30. The molecule has 7 nitrogen and oxygen atoms in total. The van der Waals surface area contributed by atoms with Crippen LogP contribution in [-0.2, 0) is 24.7 Å². The molecular weight excluding hydrogens is 410 g/mol. The number of aromatic nitrogens is 2. The van der Waals surface area contributed by atoms with E-state index < -0.39 is 0 Å². The number of hydrogen-bond donors (Lipinski definition) is 1. The molecule has 29 heavy (non-hydrogen) atoms. The summed E-state index contributed by atoms with van der Waals surface area (Å²) in [4.78, 5) is 31.9. The summed E-state index contributed by atoms with van der Waals surface area (Å²) in [5, 5.41) is 4.13. The van der Waals surface area contributed by atoms with Crippen molar-refractivity contribution in [1.29, 1.82) is 0 Å². The van der Waals surface area contributed by atoms with Crippen LogP contribution in [-0.4, -0.2) is 35.4 Å². The van der Waals surface area contributed by atoms with Gasteiger partial charge in [0, 0.05) is 23.7 Å². The van der Waals surface area contributed by atoms with Gasteiger partial charge in [0.15, 0.2) is 16.7 Å². The minimum Gasteiger partial charge on any atom is -0.493 e. The number of fused-ring (bicyclic) bond motifs is 3. The Bertz CT molecular complexity index is 1150. The second kappa shape index (κ2) is 8.08. The Morgan fingerprint density at radius 2 is 2.07 bits per heavy atom. The molecule has 0 saturated heterocycles. The fourth-order valence-corrected chi connectivity index (χ4v) is 5.55. The number of amides is 1. The molecule has 1 N–H and O–H groups in total. The molecule has 0 unspecified atom stereocenters. The zero-order chi connectivity index (χ0) is 20.5. The van der Waals surface area contributed by atoms with Crippen LogP contribution in [0.3, 0.4) is 0 Å². The summed E-state index contributed by atoms with van der Waals surface area (Å²) in [6.07, 6.45) is 3.08. The number of aryl methyl sites for hydroxylation is 2. The van der Waals surface area contributed by atoms with E-state index in [0.717, 1.165) is 29.5 Å². The zero-order valence-electron chi connectivity index (χ0n) is 16.4. The molecule has 152 valence electrons. The van der Waals surface area contributed by atoms with E-state index in [0.29, 0.717) is 22.3 Å². The number of ether oxygens (including phenoxy) is 2. The number of rotatable bonds is 6. The lowest BCUT2D eigenvalue weighted by Gasteiger charge is -2.11. The fraction of sp³-hybridized carbons (Fsp3) is 0.350. The topological polar surface area (TPSA) is 82.5 Å². The van der Waals surface area contributed by atoms with Gasteiger partial charge in [-0.3, -0.25) is 14.2 Å². The molecule has 0 radical (unpaired) electrons. The number of carbonyl (C=O) groups is 1. The first-order chi connectivity index (χ1) is 14.0. The number of nitrogens with zero attached hydrogens (tertiary/aromatic N) is 2. The molecule has 4 rings (SSSR count). The Hall–Kier alpha value is -2.52. The van der Waals surface area contributed by atoms with Crippen molar-refractivity contribution >= 4 is 44.9 Å². The minimum atomic E-state index is -0.190. The Kier molecular flexibility index (Phi) is 5.51. The SMILES string of the molecule is COc1ccc(NC(=O)CSc2nc3sc4c(c3c(=O)n2C)CCC4)cc1OC. The third kappa shape index (κ3) is 3.72. The normalized spacial score (nSPS) is 12.8. The molecule has 1 aliphatic rings. The lowest BCUT2D eigenvalue weighted by molar-refractivity contribution is -0.113. The van der Waals surface area contributed by atoms with Crippen LogP contribution in [0.2, 0.25) is 0 Å². The van der Waals surface area contributed by atoms with Crippen molar-refractivity contribution in [2.75, 3.05) is 25.3 Å². The van der Waals surface area contributed by atoms with E-state index in [1.54, 1.807) is 55.4 Å². The van der Waals surface area contributed by atoms with Gasteiger partial charge in [0.05, 0.1) is 25.4 Å². The predicted octanol–water partition coefficient (Wildman–Crippen LogP) is 3.23. The average molecular weight is 432 g/mol. The first kappa shape index (κ1) is 19.8. The maximum absolute atomic E-state index is 12.8. The molecule has 2 aromatic heterocycles. The number of benzene rings is 1. The Morgan fingerprint density at radius 1 is 1.28 bits per heavy atom. The maximum atomic E-state index is 12.8. The summed E-state index contributed by atoms with van der Waals surface area (Å²) in [5.41, 5.74) is 1.75. The number of nitrogens with one attached hydrogen (secondary N) is 1. The van der Waals surface area contributed by atoms with Crippen molar-refractivity contribution in [3.05, 3.63) is 39.0 Å². The highest BCUT2D eigenvalue weighted by atomic mass is 32.2. The quantitative estimate of drug-likeness (QED) is 0.477. The van der Waals surface area contributed by atoms with Crippen LogP contribution in [0.5, 0.6) is 11.5 Å². The van der Waals surface area contributed by atoms with Crippen molar-refractivity contribution in [2.45, 2.75) is 24.4 Å². The highest BCUT2D eigenvalue weighted by molar-refractivity contribution is 7.99. The number of thiophene rings is 1. The number of thioether (sulfide) groups is 1. The van der Waals surface area contributed by atoms with E-state index in [9.17, 15) is 9.59 Å². The van der Waals surface area contributed by atoms with Crippen molar-refractivity contribution in [1.82, 2.24) is 9.55 Å². The Labute approximate surface area is 176 Å². The number of methoxy groups -OCH3 is 2. The molecule has 0 atom stereocenters. The molecule has 1 aromatic carbocycles. The van der Waals surface area contributed by atoms with Crippen LogP contribution in [0.4, 0.5) is 5.69 Å². The monoisotopic (exact) mass is 431 g/mol. The first-order valence-corrected chi connectivity index (χ1v) is 11.0. The van der Waals surface area contributed by atoms with E-state index in [2.05, 4.69) is 10.3 Å². The summed E-state index contributed by atoms with van der Waals surface area (Å²) in [6, 6.07) is 5.18. The Morgan fingerprint density at radius 3 is 2.83 bits per heavy atom. The first-order valence-electron chi connectivity index (χ1n) is 9.17. The van der Waals surface area contributed by atoms with Crippen molar-refractivity contribution in [2.24, 2.45) is 7.05 Å². The van der Waals surface area contributed by atoms with E-state index in [4.69, 9.17) is 9.47 Å². The lowest BCUT2D eigenvalue weighted by Crippen LogP contribution is -2.21. The van der Waals surface area contributed by atoms with Crippen LogP contribution < -0.4 is 20.3 Å². The van der Waals surface area contributed by atoms with E-state index in [1.165, 1.54) is 22.2 Å². The minimum absolute atomic E-state index is 0.0304. The third-order valence-electron chi connectivity index (χ3n) is 4.91. The van der Waals surface area contributed by atoms with Gasteiger partial charge in [-0.1, -0.05) is 11.8 Å². The summed E-state index contributed by atoms with van der Waals surface area (Å²) in [7, 11) is 4.81. The second-order valence-corrected chi connectivity index (χ2v) is 8.73. The van der Waals surface area contributed by atoms with Crippen molar-refractivity contribution in [3.8, 4) is 11.5 Å². The van der Waals surface area contributed by atoms with Gasteiger partial charge in [-0.25, -0.2) is 4.98 Å². The van der Waals surface area contributed by atoms with Crippen LogP contribution in [0, 0.1) is 0 Å². The van der Waals surface area contributed by atoms with Gasteiger partial charge in [-0.2, -0.15) is 0 Å². The van der Waals surface area contributed by atoms with Gasteiger partial charge >= 0.3 is 0 Å². The van der Waals surface area contributed by atoms with Gasteiger partial charge in [-0.05, 0) is 37.0 Å². The summed E-state index contributed by atoms with van der Waals surface area (Å²) in [5.74, 6) is 1.09. The lowest BCUT2D eigenvalue weighted by atomic mass is 10.2. The predicted molar refractivity (Wildman–Crippen MR) is 116 cm³/mol. The molecule has 0 bridgehead atoms. The van der Waals surface area contributed by atoms with E-state index in [1.807, 2.05) is 0 Å². The van der Waals surface area contributed by atoms with Crippen LogP contribution >= 0.6 is 23.1 Å². The summed E-state index contributed by atoms with van der Waals surface area (Å²) >= 11 is 2.86. The third-order valence-corrected chi connectivity index (χ3v) is 7.12. The van der Waals surface area contributed by atoms with Gasteiger partial charge in [0.2, 0.25) is 5.91 Å². The molecule has 1 aliphatic carbocycles. The zero-order valence-corrected chi connectivity index (χ0v) is 18.0. The second-order valence-electron chi connectivity index (χ2n) is 6.70. The van der Waals surface area contributed by atoms with E-state index >= 15 is 0 Å². The maximum Gasteiger partial charge on any atom is 0.262 e. The molecule has 0 aliphatic heterocycles. The summed E-state index contributed by atoms with van der Waals surface area (Å²) in [6.45, 7) is 0. The van der Waals surface area contributed by atoms with Crippen molar-refractivity contribution in [3.63, 3.8) is 0 Å². The fourth-order valence-electron chi connectivity index (χ4n) is 3.48. The van der Waals surface area contributed by atoms with E-state index in [-0.39, 0.29) is 17.2 Å². The molecule has 3 aromatic rings. The van der Waals surface area contributed by atoms with Crippen LogP contribution in [0.15, 0.2) is 28.2 Å². The van der Waals surface area contributed by atoms with Crippen LogP contribution in [0.25, 0.3) is 10.2 Å². The molecular formula is C20H21N3O4S2. The highest BCUT2D eigenvalue weighted by Gasteiger charge is 2.22. The Balaban J connectivity index is 1.49. The number of hydrogen-bond acceptors (Lipinski definition) is 7. The number of carbonyl (C=O) groups excluding carboxylic acids is 1. The molecule has 0 spiro atoms. The summed E-state index contributed by atoms with van der Waals surface area (Å²) < 4.78 is 12.0.